The predicted octanol–water partition coefficient (Wildman–Crippen LogP) is 2.19. The minimum Gasteiger partial charge on any atom is -0.329 e. The van der Waals surface area contributed by atoms with E-state index < -0.39 is 0 Å². The molecule has 0 aromatic rings. The fourth-order valence-corrected chi connectivity index (χ4v) is 4.62. The number of nitrogens with zero attached hydrogens (tertiary/aromatic N) is 1. The van der Waals surface area contributed by atoms with E-state index in [1.54, 1.807) is 0 Å². The summed E-state index contributed by atoms with van der Waals surface area (Å²) in [6, 6.07) is 1.38. The van der Waals surface area contributed by atoms with Crippen molar-refractivity contribution >= 4 is 11.8 Å². The van der Waals surface area contributed by atoms with Crippen molar-refractivity contribution in [2.24, 2.45) is 17.6 Å². The maximum absolute atomic E-state index is 6.04. The van der Waals surface area contributed by atoms with E-state index in [1.807, 2.05) is 0 Å². The van der Waals surface area contributed by atoms with Gasteiger partial charge in [0.1, 0.15) is 0 Å². The van der Waals surface area contributed by atoms with Crippen LogP contribution in [0.25, 0.3) is 0 Å². The molecule has 4 atom stereocenters. The van der Waals surface area contributed by atoms with Gasteiger partial charge in [0, 0.05) is 18.6 Å². The molecule has 2 aliphatic rings. The number of thioether (sulfide) groups is 1. The number of hydrogen-bond acceptors (Lipinski definition) is 3. The van der Waals surface area contributed by atoms with Gasteiger partial charge in [-0.15, -0.1) is 0 Å². The Morgan fingerprint density at radius 3 is 2.81 bits per heavy atom. The summed E-state index contributed by atoms with van der Waals surface area (Å²) in [6.07, 6.45) is 4.14. The van der Waals surface area contributed by atoms with Crippen LogP contribution in [0, 0.1) is 11.8 Å². The first-order valence-electron chi connectivity index (χ1n) is 6.77. The molecule has 2 aliphatic heterocycles. The van der Waals surface area contributed by atoms with Gasteiger partial charge in [-0.25, -0.2) is 0 Å². The fourth-order valence-electron chi connectivity index (χ4n) is 3.29. The van der Waals surface area contributed by atoms with Crippen molar-refractivity contribution in [1.29, 1.82) is 0 Å². The molecular formula is C13H26N2S. The largest absolute Gasteiger partial charge is 0.329 e. The quantitative estimate of drug-likeness (QED) is 0.822. The Hall–Kier alpha value is 0.270. The zero-order chi connectivity index (χ0) is 11.5. The summed E-state index contributed by atoms with van der Waals surface area (Å²) in [5.41, 5.74) is 6.04. The minimum atomic E-state index is 0.646. The molecule has 3 heteroatoms. The third kappa shape index (κ3) is 2.57. The van der Waals surface area contributed by atoms with Crippen LogP contribution in [0.5, 0.6) is 0 Å². The van der Waals surface area contributed by atoms with Gasteiger partial charge in [-0.1, -0.05) is 6.92 Å². The molecule has 2 nitrogen and oxygen atoms in total. The summed E-state index contributed by atoms with van der Waals surface area (Å²) in [5, 5.41) is 0. The molecule has 16 heavy (non-hydrogen) atoms. The summed E-state index contributed by atoms with van der Waals surface area (Å²) < 4.78 is 0. The molecule has 4 unspecified atom stereocenters. The van der Waals surface area contributed by atoms with E-state index in [2.05, 4.69) is 30.5 Å². The van der Waals surface area contributed by atoms with E-state index in [0.29, 0.717) is 6.04 Å². The van der Waals surface area contributed by atoms with Crippen molar-refractivity contribution < 1.29 is 0 Å². The highest BCUT2D eigenvalue weighted by atomic mass is 32.2. The Labute approximate surface area is 104 Å². The van der Waals surface area contributed by atoms with Crippen molar-refractivity contribution in [2.75, 3.05) is 24.6 Å². The van der Waals surface area contributed by atoms with Crippen LogP contribution in [0.2, 0.25) is 0 Å². The predicted molar refractivity (Wildman–Crippen MR) is 72.8 cm³/mol. The van der Waals surface area contributed by atoms with Gasteiger partial charge < -0.3 is 5.73 Å². The number of piperidine rings is 1. The maximum atomic E-state index is 6.04. The van der Waals surface area contributed by atoms with E-state index in [0.717, 1.165) is 24.4 Å². The topological polar surface area (TPSA) is 29.3 Å². The lowest BCUT2D eigenvalue weighted by Crippen LogP contribution is -2.54. The van der Waals surface area contributed by atoms with E-state index in [-0.39, 0.29) is 0 Å². The molecule has 2 heterocycles. The molecule has 0 aromatic carbocycles. The Morgan fingerprint density at radius 1 is 1.38 bits per heavy atom. The van der Waals surface area contributed by atoms with Gasteiger partial charge in [-0.2, -0.15) is 11.8 Å². The average Bonchev–Trinajstić information content (AvgIpc) is 2.79. The Balaban J connectivity index is 2.01. The van der Waals surface area contributed by atoms with Crippen LogP contribution in [0.3, 0.4) is 0 Å². The van der Waals surface area contributed by atoms with E-state index in [1.165, 1.54) is 37.3 Å². The van der Waals surface area contributed by atoms with Crippen LogP contribution >= 0.6 is 11.8 Å². The Bertz CT molecular complexity index is 214. The molecule has 0 saturated carbocycles. The highest BCUT2D eigenvalue weighted by Crippen LogP contribution is 2.32. The molecule has 2 fully saturated rings. The molecule has 0 spiro atoms. The first-order valence-corrected chi connectivity index (χ1v) is 7.93. The van der Waals surface area contributed by atoms with E-state index in [9.17, 15) is 0 Å². The minimum absolute atomic E-state index is 0.646. The van der Waals surface area contributed by atoms with Gasteiger partial charge in [0.15, 0.2) is 0 Å². The zero-order valence-electron chi connectivity index (χ0n) is 10.7. The Kier molecular flexibility index (Phi) is 4.57. The van der Waals surface area contributed by atoms with Gasteiger partial charge in [0.2, 0.25) is 0 Å². The molecule has 0 aliphatic carbocycles. The Morgan fingerprint density at radius 2 is 2.19 bits per heavy atom. The molecule has 0 radical (unpaired) electrons. The van der Waals surface area contributed by atoms with Crippen molar-refractivity contribution in [1.82, 2.24) is 4.90 Å². The monoisotopic (exact) mass is 242 g/mol. The van der Waals surface area contributed by atoms with Crippen molar-refractivity contribution in [2.45, 2.75) is 45.2 Å². The first-order chi connectivity index (χ1) is 7.74. The lowest BCUT2D eigenvalue weighted by atomic mass is 9.87. The molecule has 2 rings (SSSR count). The summed E-state index contributed by atoms with van der Waals surface area (Å²) in [7, 11) is 0. The summed E-state index contributed by atoms with van der Waals surface area (Å²) in [6.45, 7) is 6.92. The highest BCUT2D eigenvalue weighted by molar-refractivity contribution is 7.99. The molecule has 0 bridgehead atoms. The summed E-state index contributed by atoms with van der Waals surface area (Å²) in [4.78, 5) is 2.71. The molecule has 0 amide bonds. The smallest absolute Gasteiger partial charge is 0.0257 e. The second-order valence-corrected chi connectivity index (χ2v) is 6.67. The van der Waals surface area contributed by atoms with Crippen molar-refractivity contribution in [3.8, 4) is 0 Å². The zero-order valence-corrected chi connectivity index (χ0v) is 11.5. The molecule has 0 aromatic heterocycles. The van der Waals surface area contributed by atoms with E-state index in [4.69, 9.17) is 5.73 Å². The van der Waals surface area contributed by atoms with Crippen LogP contribution in [-0.4, -0.2) is 41.6 Å². The average molecular weight is 242 g/mol. The number of likely N-dealkylation sites (tertiary alicyclic amines) is 1. The van der Waals surface area contributed by atoms with Crippen LogP contribution in [-0.2, 0) is 0 Å². The summed E-state index contributed by atoms with van der Waals surface area (Å²) >= 11 is 2.11. The van der Waals surface area contributed by atoms with Gasteiger partial charge in [0.25, 0.3) is 0 Å². The first kappa shape index (κ1) is 12.7. The van der Waals surface area contributed by atoms with E-state index >= 15 is 0 Å². The highest BCUT2D eigenvalue weighted by Gasteiger charge is 2.34. The van der Waals surface area contributed by atoms with Crippen LogP contribution in [0.1, 0.15) is 33.1 Å². The van der Waals surface area contributed by atoms with Gasteiger partial charge in [-0.3, -0.25) is 4.90 Å². The molecular weight excluding hydrogens is 216 g/mol. The number of rotatable bonds is 3. The van der Waals surface area contributed by atoms with Crippen LogP contribution < -0.4 is 5.73 Å². The van der Waals surface area contributed by atoms with Gasteiger partial charge >= 0.3 is 0 Å². The standard InChI is InChI=1S/C13H26N2S/c1-10-4-3-6-15(11(10)2)13(8-14)12-5-7-16-9-12/h10-13H,3-9,14H2,1-2H3. The van der Waals surface area contributed by atoms with Gasteiger partial charge in [-0.05, 0) is 56.1 Å². The second-order valence-electron chi connectivity index (χ2n) is 5.52. The molecule has 2 saturated heterocycles. The lowest BCUT2D eigenvalue weighted by molar-refractivity contribution is 0.0488. The molecule has 94 valence electrons. The SMILES string of the molecule is CC1CCCN(C(CN)C2CCSC2)C1C. The van der Waals surface area contributed by atoms with Crippen LogP contribution in [0.15, 0.2) is 0 Å². The third-order valence-corrected chi connectivity index (χ3v) is 5.79. The normalized spacial score (nSPS) is 38.8. The lowest BCUT2D eigenvalue weighted by Gasteiger charge is -2.44. The summed E-state index contributed by atoms with van der Waals surface area (Å²) in [5.74, 6) is 4.37. The molecule has 2 N–H and O–H groups in total. The van der Waals surface area contributed by atoms with Crippen molar-refractivity contribution in [3.63, 3.8) is 0 Å². The number of hydrogen-bond donors (Lipinski definition) is 1. The van der Waals surface area contributed by atoms with Crippen molar-refractivity contribution in [3.05, 3.63) is 0 Å². The number of nitrogens with two attached hydrogens (primary N) is 1. The maximum Gasteiger partial charge on any atom is 0.0257 e. The van der Waals surface area contributed by atoms with Crippen LogP contribution in [0.4, 0.5) is 0 Å². The van der Waals surface area contributed by atoms with Gasteiger partial charge in [0.05, 0.1) is 0 Å². The second kappa shape index (κ2) is 5.74. The fraction of sp³-hybridized carbons (Fsp3) is 1.00. The third-order valence-electron chi connectivity index (χ3n) is 4.60.